The number of aryl methyl sites for hydroxylation is 1. The van der Waals surface area contributed by atoms with Crippen LogP contribution in [0.15, 0.2) is 18.2 Å². The predicted molar refractivity (Wildman–Crippen MR) is 70.6 cm³/mol. The summed E-state index contributed by atoms with van der Waals surface area (Å²) in [4.78, 5) is 8.49. The highest BCUT2D eigenvalue weighted by Crippen LogP contribution is 2.26. The number of rotatable bonds is 2. The number of anilines is 1. The lowest BCUT2D eigenvalue weighted by atomic mass is 10.0. The van der Waals surface area contributed by atoms with Crippen LogP contribution in [0.4, 0.5) is 14.6 Å². The van der Waals surface area contributed by atoms with Crippen LogP contribution in [0.1, 0.15) is 31.0 Å². The molecule has 0 aliphatic rings. The van der Waals surface area contributed by atoms with Gasteiger partial charge in [0.2, 0.25) is 0 Å². The maximum absolute atomic E-state index is 13.2. The van der Waals surface area contributed by atoms with Crippen molar-refractivity contribution in [3.05, 3.63) is 41.1 Å². The van der Waals surface area contributed by atoms with Gasteiger partial charge in [0, 0.05) is 16.8 Å². The zero-order valence-electron chi connectivity index (χ0n) is 11.0. The van der Waals surface area contributed by atoms with Gasteiger partial charge in [-0.1, -0.05) is 13.8 Å². The predicted octanol–water partition coefficient (Wildman–Crippen LogP) is 3.44. The highest BCUT2D eigenvalue weighted by atomic mass is 19.2. The minimum atomic E-state index is -0.926. The molecule has 1 heterocycles. The van der Waals surface area contributed by atoms with Crippen LogP contribution < -0.4 is 5.73 Å². The quantitative estimate of drug-likeness (QED) is 0.903. The molecule has 0 bridgehead atoms. The lowest BCUT2D eigenvalue weighted by molar-refractivity contribution is 0.509. The molecule has 0 fully saturated rings. The topological polar surface area (TPSA) is 51.8 Å². The first-order chi connectivity index (χ1) is 8.90. The van der Waals surface area contributed by atoms with E-state index in [-0.39, 0.29) is 5.92 Å². The zero-order valence-corrected chi connectivity index (χ0v) is 11.0. The van der Waals surface area contributed by atoms with E-state index in [1.54, 1.807) is 0 Å². The summed E-state index contributed by atoms with van der Waals surface area (Å²) >= 11 is 0. The van der Waals surface area contributed by atoms with Gasteiger partial charge >= 0.3 is 0 Å². The molecule has 2 rings (SSSR count). The second kappa shape index (κ2) is 4.91. The molecule has 5 heteroatoms. The lowest BCUT2D eigenvalue weighted by Crippen LogP contribution is -2.06. The van der Waals surface area contributed by atoms with Gasteiger partial charge in [-0.15, -0.1) is 0 Å². The van der Waals surface area contributed by atoms with Crippen LogP contribution in [0.25, 0.3) is 11.4 Å². The molecule has 0 aliphatic heterocycles. The maximum Gasteiger partial charge on any atom is 0.161 e. The first-order valence-corrected chi connectivity index (χ1v) is 5.99. The Morgan fingerprint density at radius 3 is 2.32 bits per heavy atom. The second-order valence-electron chi connectivity index (χ2n) is 4.72. The van der Waals surface area contributed by atoms with Gasteiger partial charge in [-0.05, 0) is 31.0 Å². The Morgan fingerprint density at radius 1 is 1.11 bits per heavy atom. The van der Waals surface area contributed by atoms with Crippen LogP contribution in [-0.2, 0) is 0 Å². The van der Waals surface area contributed by atoms with Gasteiger partial charge in [-0.25, -0.2) is 18.7 Å². The van der Waals surface area contributed by atoms with E-state index in [1.165, 1.54) is 6.07 Å². The van der Waals surface area contributed by atoms with Gasteiger partial charge in [0.15, 0.2) is 17.5 Å². The molecule has 0 saturated carbocycles. The van der Waals surface area contributed by atoms with E-state index in [9.17, 15) is 8.78 Å². The van der Waals surface area contributed by atoms with Gasteiger partial charge in [0.1, 0.15) is 5.82 Å². The van der Waals surface area contributed by atoms with Crippen molar-refractivity contribution in [1.82, 2.24) is 9.97 Å². The van der Waals surface area contributed by atoms with E-state index in [0.29, 0.717) is 17.2 Å². The van der Waals surface area contributed by atoms with Crippen LogP contribution in [0, 0.1) is 18.6 Å². The molecule has 0 radical (unpaired) electrons. The molecule has 0 saturated heterocycles. The number of nitrogen functional groups attached to an aromatic ring is 1. The molecule has 1 aromatic heterocycles. The van der Waals surface area contributed by atoms with Crippen molar-refractivity contribution in [2.75, 3.05) is 5.73 Å². The Labute approximate surface area is 110 Å². The van der Waals surface area contributed by atoms with Crippen molar-refractivity contribution >= 4 is 5.82 Å². The largest absolute Gasteiger partial charge is 0.383 e. The van der Waals surface area contributed by atoms with Gasteiger partial charge in [0.25, 0.3) is 0 Å². The minimum absolute atomic E-state index is 0.207. The van der Waals surface area contributed by atoms with E-state index in [0.717, 1.165) is 23.4 Å². The van der Waals surface area contributed by atoms with Gasteiger partial charge < -0.3 is 5.73 Å². The summed E-state index contributed by atoms with van der Waals surface area (Å²) in [6, 6.07) is 3.55. The smallest absolute Gasteiger partial charge is 0.161 e. The summed E-state index contributed by atoms with van der Waals surface area (Å²) in [5.41, 5.74) is 7.95. The molecule has 19 heavy (non-hydrogen) atoms. The van der Waals surface area contributed by atoms with E-state index in [2.05, 4.69) is 9.97 Å². The van der Waals surface area contributed by atoms with Crippen molar-refractivity contribution < 1.29 is 8.78 Å². The van der Waals surface area contributed by atoms with Crippen molar-refractivity contribution in [3.63, 3.8) is 0 Å². The fourth-order valence-corrected chi connectivity index (χ4v) is 2.08. The third-order valence-corrected chi connectivity index (χ3v) is 2.92. The van der Waals surface area contributed by atoms with Gasteiger partial charge in [-0.2, -0.15) is 0 Å². The van der Waals surface area contributed by atoms with Crippen molar-refractivity contribution in [2.24, 2.45) is 0 Å². The zero-order chi connectivity index (χ0) is 14.2. The Balaban J connectivity index is 2.55. The number of benzene rings is 1. The third kappa shape index (κ3) is 2.54. The van der Waals surface area contributed by atoms with Crippen molar-refractivity contribution in [3.8, 4) is 11.4 Å². The Kier molecular flexibility index (Phi) is 3.46. The third-order valence-electron chi connectivity index (χ3n) is 2.92. The molecule has 0 aliphatic carbocycles. The molecule has 100 valence electrons. The number of nitrogens with zero attached hydrogens (tertiary/aromatic N) is 2. The Hall–Kier alpha value is -2.04. The Morgan fingerprint density at radius 2 is 1.79 bits per heavy atom. The minimum Gasteiger partial charge on any atom is -0.383 e. The number of nitrogens with two attached hydrogens (primary N) is 1. The van der Waals surface area contributed by atoms with Crippen LogP contribution in [0.2, 0.25) is 0 Å². The summed E-state index contributed by atoms with van der Waals surface area (Å²) in [5, 5.41) is 0. The fourth-order valence-electron chi connectivity index (χ4n) is 2.08. The summed E-state index contributed by atoms with van der Waals surface area (Å²) in [6.45, 7) is 5.83. The average Bonchev–Trinajstić information content (AvgIpc) is 2.31. The summed E-state index contributed by atoms with van der Waals surface area (Å²) in [7, 11) is 0. The molecule has 3 nitrogen and oxygen atoms in total. The van der Waals surface area contributed by atoms with E-state index in [4.69, 9.17) is 5.73 Å². The van der Waals surface area contributed by atoms with Crippen LogP contribution in [0.5, 0.6) is 0 Å². The Bertz CT molecular complexity index is 601. The van der Waals surface area contributed by atoms with Crippen molar-refractivity contribution in [1.29, 1.82) is 0 Å². The molecule has 0 amide bonds. The second-order valence-corrected chi connectivity index (χ2v) is 4.72. The average molecular weight is 263 g/mol. The number of hydrogen-bond donors (Lipinski definition) is 1. The fraction of sp³-hybridized carbons (Fsp3) is 0.286. The SMILES string of the molecule is Cc1nc(-c2ccc(F)c(F)c2)nc(N)c1C(C)C. The molecule has 1 aromatic carbocycles. The van der Waals surface area contributed by atoms with Gasteiger partial charge in [-0.3, -0.25) is 0 Å². The number of aromatic nitrogens is 2. The molecule has 0 unspecified atom stereocenters. The summed E-state index contributed by atoms with van der Waals surface area (Å²) in [6.07, 6.45) is 0. The summed E-state index contributed by atoms with van der Waals surface area (Å²) < 4.78 is 26.1. The molecule has 2 N–H and O–H groups in total. The number of hydrogen-bond acceptors (Lipinski definition) is 3. The highest BCUT2D eigenvalue weighted by molar-refractivity contribution is 5.59. The normalized spacial score (nSPS) is 11.1. The van der Waals surface area contributed by atoms with Crippen LogP contribution in [-0.4, -0.2) is 9.97 Å². The molecule has 0 spiro atoms. The highest BCUT2D eigenvalue weighted by Gasteiger charge is 2.14. The van der Waals surface area contributed by atoms with E-state index < -0.39 is 11.6 Å². The lowest BCUT2D eigenvalue weighted by Gasteiger charge is -2.13. The van der Waals surface area contributed by atoms with E-state index >= 15 is 0 Å². The maximum atomic E-state index is 13.2. The van der Waals surface area contributed by atoms with Crippen molar-refractivity contribution in [2.45, 2.75) is 26.7 Å². The molecule has 2 aromatic rings. The van der Waals surface area contributed by atoms with Crippen LogP contribution in [0.3, 0.4) is 0 Å². The first kappa shape index (κ1) is 13.4. The monoisotopic (exact) mass is 263 g/mol. The number of halogens is 2. The summed E-state index contributed by atoms with van der Waals surface area (Å²) in [5.74, 6) is -0.933. The van der Waals surface area contributed by atoms with Gasteiger partial charge in [0.05, 0.1) is 0 Å². The van der Waals surface area contributed by atoms with E-state index in [1.807, 2.05) is 20.8 Å². The molecular weight excluding hydrogens is 248 g/mol. The van der Waals surface area contributed by atoms with Crippen LogP contribution >= 0.6 is 0 Å². The standard InChI is InChI=1S/C14H15F2N3/c1-7(2)12-8(3)18-14(19-13(12)17)9-4-5-10(15)11(16)6-9/h4-7H,1-3H3,(H2,17,18,19). The molecular formula is C14H15F2N3. The molecule has 0 atom stereocenters. The first-order valence-electron chi connectivity index (χ1n) is 5.99.